The molecule has 2 rings (SSSR count). The van der Waals surface area contributed by atoms with Crippen LogP contribution in [0.25, 0.3) is 0 Å². The highest BCUT2D eigenvalue weighted by Gasteiger charge is 2.21. The van der Waals surface area contributed by atoms with Crippen LogP contribution in [0.2, 0.25) is 0 Å². The topological polar surface area (TPSA) is 45.4 Å². The lowest BCUT2D eigenvalue weighted by Gasteiger charge is -2.36. The van der Waals surface area contributed by atoms with Gasteiger partial charge in [-0.1, -0.05) is 6.07 Å². The number of nitrogens with two attached hydrogens (primary N) is 1. The molecule has 2 unspecified atom stereocenters. The minimum absolute atomic E-state index is 0.0534. The number of hydrogen-bond acceptors (Lipinski definition) is 4. The maximum Gasteiger partial charge on any atom is 0.128 e. The largest absolute Gasteiger partial charge is 0.355 e. The minimum Gasteiger partial charge on any atom is -0.355 e. The molecule has 100 valence electrons. The average Bonchev–Trinajstić information content (AvgIpc) is 2.38. The number of likely N-dealkylation sites (tertiary alicyclic amines) is 1. The van der Waals surface area contributed by atoms with Gasteiger partial charge in [-0.2, -0.15) is 0 Å². The number of aromatic nitrogens is 1. The highest BCUT2D eigenvalue weighted by Crippen LogP contribution is 2.20. The minimum atomic E-state index is 0.0534. The van der Waals surface area contributed by atoms with Crippen molar-refractivity contribution < 1.29 is 0 Å². The number of hydrogen-bond donors (Lipinski definition) is 1. The number of piperidine rings is 1. The van der Waals surface area contributed by atoms with Crippen LogP contribution in [0.1, 0.15) is 31.4 Å². The molecule has 0 radical (unpaired) electrons. The van der Waals surface area contributed by atoms with E-state index < -0.39 is 0 Å². The summed E-state index contributed by atoms with van der Waals surface area (Å²) in [5.41, 5.74) is 6.93. The van der Waals surface area contributed by atoms with Crippen molar-refractivity contribution in [1.82, 2.24) is 9.88 Å². The monoisotopic (exact) mass is 248 g/mol. The van der Waals surface area contributed by atoms with Crippen molar-refractivity contribution in [1.29, 1.82) is 0 Å². The van der Waals surface area contributed by atoms with E-state index >= 15 is 0 Å². The molecule has 0 aliphatic carbocycles. The van der Waals surface area contributed by atoms with Crippen molar-refractivity contribution in [2.45, 2.75) is 31.8 Å². The molecule has 0 spiro atoms. The van der Waals surface area contributed by atoms with Gasteiger partial charge in [-0.25, -0.2) is 4.98 Å². The molecule has 1 aliphatic heterocycles. The van der Waals surface area contributed by atoms with Crippen molar-refractivity contribution >= 4 is 5.82 Å². The maximum absolute atomic E-state index is 5.84. The van der Waals surface area contributed by atoms with Crippen molar-refractivity contribution in [2.24, 2.45) is 5.73 Å². The summed E-state index contributed by atoms with van der Waals surface area (Å²) in [4.78, 5) is 9.21. The maximum atomic E-state index is 5.84. The Labute approximate surface area is 110 Å². The molecular weight excluding hydrogens is 224 g/mol. The zero-order chi connectivity index (χ0) is 13.1. The third-order valence-corrected chi connectivity index (χ3v) is 3.81. The zero-order valence-corrected chi connectivity index (χ0v) is 11.6. The van der Waals surface area contributed by atoms with Crippen molar-refractivity contribution in [2.75, 3.05) is 32.1 Å². The summed E-state index contributed by atoms with van der Waals surface area (Å²) >= 11 is 0. The first-order valence-corrected chi connectivity index (χ1v) is 6.71. The number of pyridine rings is 1. The molecule has 0 amide bonds. The van der Waals surface area contributed by atoms with Crippen molar-refractivity contribution in [3.8, 4) is 0 Å². The van der Waals surface area contributed by atoms with E-state index in [9.17, 15) is 0 Å². The molecule has 2 N–H and O–H groups in total. The Balaban J connectivity index is 2.05. The Morgan fingerprint density at radius 2 is 2.28 bits per heavy atom. The fourth-order valence-corrected chi connectivity index (χ4v) is 2.52. The Kier molecular flexibility index (Phi) is 4.19. The molecule has 0 aromatic carbocycles. The molecule has 1 fully saturated rings. The quantitative estimate of drug-likeness (QED) is 0.883. The summed E-state index contributed by atoms with van der Waals surface area (Å²) in [5, 5.41) is 0. The lowest BCUT2D eigenvalue weighted by Crippen LogP contribution is -2.45. The molecule has 0 bridgehead atoms. The normalized spacial score (nSPS) is 22.8. The van der Waals surface area contributed by atoms with E-state index in [-0.39, 0.29) is 6.04 Å². The first-order chi connectivity index (χ1) is 8.58. The Morgan fingerprint density at radius 3 is 2.83 bits per heavy atom. The number of likely N-dealkylation sites (N-methyl/N-ethyl adjacent to an activating group) is 2. The van der Waals surface area contributed by atoms with E-state index in [1.54, 1.807) is 0 Å². The molecule has 4 heteroatoms. The molecule has 18 heavy (non-hydrogen) atoms. The Bertz CT molecular complexity index is 374. The van der Waals surface area contributed by atoms with Crippen LogP contribution in [0.4, 0.5) is 5.82 Å². The van der Waals surface area contributed by atoms with Crippen LogP contribution in [0.3, 0.4) is 0 Å². The highest BCUT2D eigenvalue weighted by molar-refractivity contribution is 5.40. The zero-order valence-electron chi connectivity index (χ0n) is 11.6. The summed E-state index contributed by atoms with van der Waals surface area (Å²) in [7, 11) is 4.32. The molecule has 1 aromatic heterocycles. The summed E-state index contributed by atoms with van der Waals surface area (Å²) in [6, 6.07) is 4.78. The van der Waals surface area contributed by atoms with Gasteiger partial charge in [0.15, 0.2) is 0 Å². The average molecular weight is 248 g/mol. The fourth-order valence-electron chi connectivity index (χ4n) is 2.52. The first kappa shape index (κ1) is 13.3. The number of rotatable bonds is 3. The molecule has 1 aromatic rings. The van der Waals surface area contributed by atoms with E-state index in [1.807, 2.05) is 13.1 Å². The fraction of sp³-hybridized carbons (Fsp3) is 0.643. The summed E-state index contributed by atoms with van der Waals surface area (Å²) in [5.74, 6) is 1.04. The molecule has 1 aliphatic rings. The van der Waals surface area contributed by atoms with Gasteiger partial charge < -0.3 is 15.5 Å². The van der Waals surface area contributed by atoms with Gasteiger partial charge in [0.1, 0.15) is 5.82 Å². The Hall–Kier alpha value is -1.13. The van der Waals surface area contributed by atoms with Crippen LogP contribution in [-0.2, 0) is 0 Å². The van der Waals surface area contributed by atoms with Crippen LogP contribution in [0, 0.1) is 0 Å². The molecule has 0 saturated carbocycles. The second-order valence-electron chi connectivity index (χ2n) is 5.41. The smallest absolute Gasteiger partial charge is 0.128 e. The second kappa shape index (κ2) is 5.67. The highest BCUT2D eigenvalue weighted by atomic mass is 15.2. The third-order valence-electron chi connectivity index (χ3n) is 3.81. The van der Waals surface area contributed by atoms with Gasteiger partial charge >= 0.3 is 0 Å². The summed E-state index contributed by atoms with van der Waals surface area (Å²) in [6.45, 7) is 4.31. The summed E-state index contributed by atoms with van der Waals surface area (Å²) in [6.07, 6.45) is 4.41. The van der Waals surface area contributed by atoms with Crippen molar-refractivity contribution in [3.63, 3.8) is 0 Å². The van der Waals surface area contributed by atoms with E-state index in [2.05, 4.69) is 41.0 Å². The van der Waals surface area contributed by atoms with Gasteiger partial charge in [0.2, 0.25) is 0 Å². The molecule has 1 saturated heterocycles. The lowest BCUT2D eigenvalue weighted by atomic mass is 10.0. The van der Waals surface area contributed by atoms with E-state index in [0.29, 0.717) is 6.04 Å². The second-order valence-corrected chi connectivity index (χ2v) is 5.41. The predicted molar refractivity (Wildman–Crippen MR) is 75.8 cm³/mol. The standard InChI is InChI=1S/C14H24N4/c1-11(15)12-6-7-14(16-9-12)18(3)13-5-4-8-17(2)10-13/h6-7,9,11,13H,4-5,8,10,15H2,1-3H3. The van der Waals surface area contributed by atoms with Crippen molar-refractivity contribution in [3.05, 3.63) is 23.9 Å². The third kappa shape index (κ3) is 3.00. The van der Waals surface area contributed by atoms with Gasteiger partial charge in [-0.15, -0.1) is 0 Å². The van der Waals surface area contributed by atoms with Gasteiger partial charge in [0.05, 0.1) is 0 Å². The van der Waals surface area contributed by atoms with Gasteiger partial charge in [0, 0.05) is 31.9 Å². The molecular formula is C14H24N4. The Morgan fingerprint density at radius 1 is 1.50 bits per heavy atom. The van der Waals surface area contributed by atoms with Crippen LogP contribution >= 0.6 is 0 Å². The van der Waals surface area contributed by atoms with Crippen LogP contribution in [0.15, 0.2) is 18.3 Å². The SMILES string of the molecule is CC(N)c1ccc(N(C)C2CCCN(C)C2)nc1. The predicted octanol–water partition coefficient (Wildman–Crippen LogP) is 1.63. The van der Waals surface area contributed by atoms with Crippen LogP contribution in [0.5, 0.6) is 0 Å². The lowest BCUT2D eigenvalue weighted by molar-refractivity contribution is 0.247. The number of anilines is 1. The van der Waals surface area contributed by atoms with E-state index in [4.69, 9.17) is 5.73 Å². The molecule has 2 atom stereocenters. The van der Waals surface area contributed by atoms with Gasteiger partial charge in [-0.05, 0) is 45.0 Å². The van der Waals surface area contributed by atoms with Gasteiger partial charge in [0.25, 0.3) is 0 Å². The van der Waals surface area contributed by atoms with Crippen LogP contribution in [-0.4, -0.2) is 43.1 Å². The van der Waals surface area contributed by atoms with Crippen LogP contribution < -0.4 is 10.6 Å². The summed E-state index contributed by atoms with van der Waals surface area (Å²) < 4.78 is 0. The van der Waals surface area contributed by atoms with E-state index in [0.717, 1.165) is 17.9 Å². The van der Waals surface area contributed by atoms with Gasteiger partial charge in [-0.3, -0.25) is 0 Å². The number of nitrogens with zero attached hydrogens (tertiary/aromatic N) is 3. The van der Waals surface area contributed by atoms with E-state index in [1.165, 1.54) is 19.4 Å². The first-order valence-electron chi connectivity index (χ1n) is 6.71. The molecule has 4 nitrogen and oxygen atoms in total. The molecule has 2 heterocycles.